The maximum absolute atomic E-state index is 12.0. The van der Waals surface area contributed by atoms with Gasteiger partial charge in [0.1, 0.15) is 5.75 Å². The molecule has 0 atom stereocenters. The van der Waals surface area contributed by atoms with Crippen LogP contribution in [0.25, 0.3) is 0 Å². The summed E-state index contributed by atoms with van der Waals surface area (Å²) in [6, 6.07) is 3.55. The minimum absolute atomic E-state index is 0.216. The Bertz CT molecular complexity index is 569. The Morgan fingerprint density at radius 2 is 1.95 bits per heavy atom. The first-order valence-corrected chi connectivity index (χ1v) is 7.01. The number of hydrogen-bond donors (Lipinski definition) is 2. The molecule has 0 aromatic heterocycles. The van der Waals surface area contributed by atoms with Crippen molar-refractivity contribution in [3.63, 3.8) is 0 Å². The van der Waals surface area contributed by atoms with Crippen LogP contribution < -0.4 is 4.72 Å². The zero-order chi connectivity index (χ0) is 14.6. The number of benzene rings is 1. The predicted molar refractivity (Wildman–Crippen MR) is 70.2 cm³/mol. The lowest BCUT2D eigenvalue weighted by Crippen LogP contribution is -2.35. The third-order valence-corrected chi connectivity index (χ3v) is 4.15. The van der Waals surface area contributed by atoms with E-state index in [2.05, 4.69) is 0 Å². The molecule has 1 rings (SSSR count). The summed E-state index contributed by atoms with van der Waals surface area (Å²) in [7, 11) is -3.94. The molecular formula is C10H15N3O5S. The summed E-state index contributed by atoms with van der Waals surface area (Å²) < 4.78 is 27.1. The van der Waals surface area contributed by atoms with E-state index >= 15 is 0 Å². The topological polar surface area (TPSA) is 113 Å². The van der Waals surface area contributed by atoms with Gasteiger partial charge in [0.2, 0.25) is 0 Å². The average molecular weight is 289 g/mol. The second-order valence-corrected chi connectivity index (χ2v) is 5.29. The molecule has 8 nitrogen and oxygen atoms in total. The lowest BCUT2D eigenvalue weighted by Gasteiger charge is -2.19. The van der Waals surface area contributed by atoms with Gasteiger partial charge in [-0.3, -0.25) is 14.8 Å². The van der Waals surface area contributed by atoms with Gasteiger partial charge in [-0.25, -0.2) is 0 Å². The van der Waals surface area contributed by atoms with Crippen molar-refractivity contribution in [1.29, 1.82) is 0 Å². The monoisotopic (exact) mass is 289 g/mol. The minimum atomic E-state index is -3.94. The van der Waals surface area contributed by atoms with E-state index in [0.29, 0.717) is 0 Å². The van der Waals surface area contributed by atoms with Crippen molar-refractivity contribution in [2.75, 3.05) is 17.8 Å². The van der Waals surface area contributed by atoms with Gasteiger partial charge in [0.25, 0.3) is 5.69 Å². The quantitative estimate of drug-likeness (QED) is 0.465. The highest BCUT2D eigenvalue weighted by Crippen LogP contribution is 2.34. The molecule has 0 fully saturated rings. The third kappa shape index (κ3) is 3.32. The average Bonchev–Trinajstić information content (AvgIpc) is 2.32. The number of nitrogens with zero attached hydrogens (tertiary/aromatic N) is 2. The number of anilines is 1. The SMILES string of the molecule is CCN(CC)S(=O)(=O)Nc1c(O)cccc1[N+](=O)[O-]. The predicted octanol–water partition coefficient (Wildman–Crippen LogP) is 1.30. The number of nitrogens with one attached hydrogen (secondary N) is 1. The zero-order valence-corrected chi connectivity index (χ0v) is 11.3. The molecule has 0 aliphatic rings. The molecule has 0 aliphatic carbocycles. The molecule has 2 N–H and O–H groups in total. The number of nitro benzene ring substituents is 1. The standard InChI is InChI=1S/C10H15N3O5S/c1-3-12(4-2)19(17,18)11-10-8(13(15)16)6-5-7-9(10)14/h5-7,11,14H,3-4H2,1-2H3. The number of nitro groups is 1. The fourth-order valence-electron chi connectivity index (χ4n) is 1.54. The van der Waals surface area contributed by atoms with Crippen molar-refractivity contribution in [3.8, 4) is 5.75 Å². The van der Waals surface area contributed by atoms with Crippen LogP contribution in [0.15, 0.2) is 18.2 Å². The van der Waals surface area contributed by atoms with Crippen LogP contribution in [0.3, 0.4) is 0 Å². The number of aromatic hydroxyl groups is 1. The number of phenolic OH excluding ortho intramolecular Hbond substituents is 1. The minimum Gasteiger partial charge on any atom is -0.505 e. The summed E-state index contributed by atoms with van der Waals surface area (Å²) in [4.78, 5) is 10.1. The first kappa shape index (κ1) is 15.2. The third-order valence-electron chi connectivity index (χ3n) is 2.49. The Kier molecular flexibility index (Phi) is 4.67. The Balaban J connectivity index is 3.23. The normalized spacial score (nSPS) is 11.5. The number of hydrogen-bond acceptors (Lipinski definition) is 5. The van der Waals surface area contributed by atoms with E-state index in [-0.39, 0.29) is 13.1 Å². The molecule has 1 aromatic carbocycles. The van der Waals surface area contributed by atoms with E-state index in [0.717, 1.165) is 10.4 Å². The molecule has 0 heterocycles. The van der Waals surface area contributed by atoms with Crippen LogP contribution in [-0.4, -0.2) is 35.8 Å². The van der Waals surface area contributed by atoms with Gasteiger partial charge in [-0.15, -0.1) is 0 Å². The Morgan fingerprint density at radius 3 is 2.42 bits per heavy atom. The molecule has 1 aromatic rings. The van der Waals surface area contributed by atoms with Crippen molar-refractivity contribution in [2.45, 2.75) is 13.8 Å². The Hall–Kier alpha value is -1.87. The maximum Gasteiger partial charge on any atom is 0.301 e. The molecule has 0 unspecified atom stereocenters. The largest absolute Gasteiger partial charge is 0.505 e. The summed E-state index contributed by atoms with van der Waals surface area (Å²) >= 11 is 0. The Morgan fingerprint density at radius 1 is 1.37 bits per heavy atom. The van der Waals surface area contributed by atoms with E-state index in [9.17, 15) is 23.6 Å². The van der Waals surface area contributed by atoms with E-state index in [1.807, 2.05) is 4.72 Å². The fraction of sp³-hybridized carbons (Fsp3) is 0.400. The van der Waals surface area contributed by atoms with E-state index in [4.69, 9.17) is 0 Å². The van der Waals surface area contributed by atoms with E-state index in [1.165, 1.54) is 12.1 Å². The first-order chi connectivity index (χ1) is 8.83. The smallest absolute Gasteiger partial charge is 0.301 e. The van der Waals surface area contributed by atoms with Crippen LogP contribution in [0.2, 0.25) is 0 Å². The highest BCUT2D eigenvalue weighted by Gasteiger charge is 2.25. The van der Waals surface area contributed by atoms with Crippen LogP contribution in [0.1, 0.15) is 13.8 Å². The van der Waals surface area contributed by atoms with Gasteiger partial charge in [-0.05, 0) is 6.07 Å². The second kappa shape index (κ2) is 5.85. The molecule has 0 saturated carbocycles. The van der Waals surface area contributed by atoms with Gasteiger partial charge in [0.05, 0.1) is 4.92 Å². The molecule has 0 radical (unpaired) electrons. The fourth-order valence-corrected chi connectivity index (χ4v) is 2.82. The summed E-state index contributed by atoms with van der Waals surface area (Å²) in [5, 5.41) is 20.4. The molecule has 9 heteroatoms. The van der Waals surface area contributed by atoms with Crippen molar-refractivity contribution >= 4 is 21.6 Å². The molecule has 19 heavy (non-hydrogen) atoms. The summed E-state index contributed by atoms with van der Waals surface area (Å²) in [6.07, 6.45) is 0. The molecule has 0 amide bonds. The van der Waals surface area contributed by atoms with Crippen LogP contribution in [0, 0.1) is 10.1 Å². The highest BCUT2D eigenvalue weighted by atomic mass is 32.2. The van der Waals surface area contributed by atoms with Gasteiger partial charge in [-0.2, -0.15) is 12.7 Å². The van der Waals surface area contributed by atoms with Gasteiger partial charge in [0, 0.05) is 19.2 Å². The van der Waals surface area contributed by atoms with Crippen LogP contribution >= 0.6 is 0 Å². The summed E-state index contributed by atoms with van der Waals surface area (Å²) in [6.45, 7) is 3.71. The second-order valence-electron chi connectivity index (χ2n) is 3.62. The lowest BCUT2D eigenvalue weighted by atomic mass is 10.2. The van der Waals surface area contributed by atoms with Gasteiger partial charge >= 0.3 is 10.2 Å². The van der Waals surface area contributed by atoms with E-state index in [1.54, 1.807) is 13.8 Å². The molecule has 0 saturated heterocycles. The maximum atomic E-state index is 12.0. The molecule has 0 aliphatic heterocycles. The number of phenols is 1. The summed E-state index contributed by atoms with van der Waals surface area (Å²) in [5.74, 6) is -0.495. The zero-order valence-electron chi connectivity index (χ0n) is 10.5. The first-order valence-electron chi connectivity index (χ1n) is 5.57. The molecule has 0 spiro atoms. The van der Waals surface area contributed by atoms with Crippen LogP contribution in [-0.2, 0) is 10.2 Å². The summed E-state index contributed by atoms with van der Waals surface area (Å²) in [5.41, 5.74) is -0.935. The lowest BCUT2D eigenvalue weighted by molar-refractivity contribution is -0.383. The Labute approximate surface area is 111 Å². The highest BCUT2D eigenvalue weighted by molar-refractivity contribution is 7.90. The molecular weight excluding hydrogens is 274 g/mol. The van der Waals surface area contributed by atoms with Crippen LogP contribution in [0.5, 0.6) is 5.75 Å². The van der Waals surface area contributed by atoms with Crippen LogP contribution in [0.4, 0.5) is 11.4 Å². The van der Waals surface area contributed by atoms with Crippen molar-refractivity contribution in [1.82, 2.24) is 4.31 Å². The molecule has 106 valence electrons. The van der Waals surface area contributed by atoms with Gasteiger partial charge in [-0.1, -0.05) is 19.9 Å². The van der Waals surface area contributed by atoms with Crippen molar-refractivity contribution < 1.29 is 18.4 Å². The van der Waals surface area contributed by atoms with Gasteiger partial charge in [0.15, 0.2) is 5.69 Å². The van der Waals surface area contributed by atoms with Gasteiger partial charge < -0.3 is 5.11 Å². The molecule has 0 bridgehead atoms. The van der Waals surface area contributed by atoms with E-state index < -0.39 is 32.3 Å². The number of rotatable bonds is 6. The number of para-hydroxylation sites is 1. The van der Waals surface area contributed by atoms with Crippen molar-refractivity contribution in [2.24, 2.45) is 0 Å². The van der Waals surface area contributed by atoms with Crippen molar-refractivity contribution in [3.05, 3.63) is 28.3 Å².